The summed E-state index contributed by atoms with van der Waals surface area (Å²) in [6.07, 6.45) is 0.636. The summed E-state index contributed by atoms with van der Waals surface area (Å²) >= 11 is 0. The van der Waals surface area contributed by atoms with Gasteiger partial charge in [-0.25, -0.2) is 8.78 Å². The van der Waals surface area contributed by atoms with Crippen LogP contribution in [0.25, 0.3) is 11.0 Å². The van der Waals surface area contributed by atoms with Gasteiger partial charge in [0.15, 0.2) is 11.3 Å². The number of benzene rings is 2. The normalized spacial score (nSPS) is 14.6. The van der Waals surface area contributed by atoms with Crippen LogP contribution in [0.15, 0.2) is 45.6 Å². The van der Waals surface area contributed by atoms with E-state index >= 15 is 0 Å². The van der Waals surface area contributed by atoms with Crippen LogP contribution in [0.2, 0.25) is 0 Å². The maximum absolute atomic E-state index is 13.8. The number of halogens is 2. The summed E-state index contributed by atoms with van der Waals surface area (Å²) in [7, 11) is 1.58. The van der Waals surface area contributed by atoms with E-state index < -0.39 is 17.7 Å². The zero-order valence-electron chi connectivity index (χ0n) is 20.2. The lowest BCUT2D eigenvalue weighted by Gasteiger charge is -2.27. The maximum atomic E-state index is 13.8. The van der Waals surface area contributed by atoms with Crippen LogP contribution in [0.3, 0.4) is 0 Å². The Morgan fingerprint density at radius 2 is 1.83 bits per heavy atom. The molecule has 1 saturated heterocycles. The maximum Gasteiger partial charge on any atom is 0.251 e. The summed E-state index contributed by atoms with van der Waals surface area (Å²) in [6, 6.07) is 7.12. The van der Waals surface area contributed by atoms with Crippen LogP contribution in [0, 0.1) is 11.6 Å². The van der Waals surface area contributed by atoms with Crippen LogP contribution >= 0.6 is 0 Å². The zero-order chi connectivity index (χ0) is 25.7. The quantitative estimate of drug-likeness (QED) is 0.430. The van der Waals surface area contributed by atoms with Crippen LogP contribution in [-0.2, 0) is 9.47 Å². The second kappa shape index (κ2) is 11.5. The Labute approximate surface area is 207 Å². The molecule has 0 radical (unpaired) electrons. The van der Waals surface area contributed by atoms with Gasteiger partial charge in [-0.3, -0.25) is 9.59 Å². The average Bonchev–Trinajstić information content (AvgIpc) is 2.85. The van der Waals surface area contributed by atoms with Crippen LogP contribution in [0.4, 0.5) is 20.4 Å². The van der Waals surface area contributed by atoms with Crippen molar-refractivity contribution in [2.24, 2.45) is 0 Å². The Morgan fingerprint density at radius 3 is 2.53 bits per heavy atom. The van der Waals surface area contributed by atoms with Gasteiger partial charge in [0.05, 0.1) is 24.6 Å². The van der Waals surface area contributed by atoms with Crippen molar-refractivity contribution in [3.05, 3.63) is 69.4 Å². The molecule has 1 aromatic heterocycles. The number of hydrogen-bond donors (Lipinski definition) is 2. The van der Waals surface area contributed by atoms with E-state index in [2.05, 4.69) is 10.6 Å². The number of carbonyl (C=O) groups excluding carboxylic acids is 1. The van der Waals surface area contributed by atoms with Gasteiger partial charge in [0.2, 0.25) is 0 Å². The number of fused-ring (bicyclic) bond motifs is 1. The highest BCUT2D eigenvalue weighted by molar-refractivity contribution is 5.99. The van der Waals surface area contributed by atoms with Gasteiger partial charge in [-0.15, -0.1) is 0 Å². The molecule has 1 aliphatic rings. The van der Waals surface area contributed by atoms with Gasteiger partial charge in [0.25, 0.3) is 5.91 Å². The van der Waals surface area contributed by atoms with Gasteiger partial charge >= 0.3 is 0 Å². The first-order valence-electron chi connectivity index (χ1n) is 11.8. The molecule has 1 aliphatic heterocycles. The molecule has 1 unspecified atom stereocenters. The van der Waals surface area contributed by atoms with E-state index in [0.717, 1.165) is 6.07 Å². The summed E-state index contributed by atoms with van der Waals surface area (Å²) in [6.45, 7) is 4.84. The Morgan fingerprint density at radius 1 is 1.11 bits per heavy atom. The third-order valence-electron chi connectivity index (χ3n) is 5.95. The number of rotatable bonds is 9. The Bertz CT molecular complexity index is 1270. The smallest absolute Gasteiger partial charge is 0.251 e. The summed E-state index contributed by atoms with van der Waals surface area (Å²) in [5.74, 6) is -1.40. The first kappa shape index (κ1) is 25.6. The lowest BCUT2D eigenvalue weighted by atomic mass is 10.00. The van der Waals surface area contributed by atoms with Crippen LogP contribution in [0.5, 0.6) is 0 Å². The van der Waals surface area contributed by atoms with E-state index in [1.54, 1.807) is 20.1 Å². The van der Waals surface area contributed by atoms with Crippen LogP contribution in [0.1, 0.15) is 35.3 Å². The van der Waals surface area contributed by atoms with Crippen molar-refractivity contribution in [2.75, 3.05) is 56.8 Å². The predicted molar refractivity (Wildman–Crippen MR) is 133 cm³/mol. The van der Waals surface area contributed by atoms with Crippen LogP contribution in [-0.4, -0.2) is 52.5 Å². The largest absolute Gasteiger partial charge is 0.440 e. The highest BCUT2D eigenvalue weighted by Gasteiger charge is 2.21. The van der Waals surface area contributed by atoms with E-state index in [0.29, 0.717) is 62.9 Å². The number of methoxy groups -OCH3 is 1. The Hall–Kier alpha value is -3.50. The first-order valence-corrected chi connectivity index (χ1v) is 11.8. The Balaban J connectivity index is 1.75. The van der Waals surface area contributed by atoms with Crippen molar-refractivity contribution in [1.82, 2.24) is 5.32 Å². The molecule has 1 fully saturated rings. The van der Waals surface area contributed by atoms with Gasteiger partial charge in [0, 0.05) is 62.3 Å². The summed E-state index contributed by atoms with van der Waals surface area (Å²) in [4.78, 5) is 27.9. The third kappa shape index (κ3) is 6.00. The molecular formula is C26H29F2N3O5. The van der Waals surface area contributed by atoms with Crippen molar-refractivity contribution in [3.63, 3.8) is 0 Å². The fraction of sp³-hybridized carbons (Fsp3) is 0.385. The monoisotopic (exact) mass is 501 g/mol. The summed E-state index contributed by atoms with van der Waals surface area (Å²) in [5, 5.41) is 6.11. The van der Waals surface area contributed by atoms with E-state index in [1.165, 1.54) is 24.3 Å². The topological polar surface area (TPSA) is 93.0 Å². The van der Waals surface area contributed by atoms with Gasteiger partial charge in [-0.2, -0.15) is 0 Å². The van der Waals surface area contributed by atoms with E-state index in [1.807, 2.05) is 4.90 Å². The minimum absolute atomic E-state index is 0.217. The lowest BCUT2D eigenvalue weighted by molar-refractivity contribution is 0.0948. The van der Waals surface area contributed by atoms with E-state index in [4.69, 9.17) is 13.9 Å². The van der Waals surface area contributed by atoms with Crippen molar-refractivity contribution >= 4 is 28.4 Å². The average molecular weight is 502 g/mol. The number of nitrogens with one attached hydrogen (secondary N) is 2. The molecular weight excluding hydrogens is 472 g/mol. The van der Waals surface area contributed by atoms with Crippen molar-refractivity contribution in [1.29, 1.82) is 0 Å². The number of ether oxygens (including phenoxy) is 2. The number of nitrogens with zero attached hydrogens (tertiary/aromatic N) is 1. The number of amides is 1. The van der Waals surface area contributed by atoms with Gasteiger partial charge < -0.3 is 29.4 Å². The molecule has 0 aliphatic carbocycles. The molecule has 2 aromatic carbocycles. The van der Waals surface area contributed by atoms with Gasteiger partial charge in [0.1, 0.15) is 17.2 Å². The second-order valence-corrected chi connectivity index (χ2v) is 8.62. The van der Waals surface area contributed by atoms with Gasteiger partial charge in [-0.1, -0.05) is 0 Å². The molecule has 4 rings (SSSR count). The summed E-state index contributed by atoms with van der Waals surface area (Å²) < 4.78 is 44.1. The molecule has 0 bridgehead atoms. The van der Waals surface area contributed by atoms with Crippen LogP contribution < -0.4 is 21.0 Å². The number of hydrogen-bond acceptors (Lipinski definition) is 7. The minimum Gasteiger partial charge on any atom is -0.440 e. The van der Waals surface area contributed by atoms with E-state index in [-0.39, 0.29) is 28.0 Å². The Kier molecular flexibility index (Phi) is 8.17. The molecule has 2 N–H and O–H groups in total. The first-order chi connectivity index (χ1) is 17.4. The molecule has 0 spiro atoms. The SMILES string of the molecule is COCCCNC(=O)c1cc(C(C)Nc2cc(F)cc(F)c2)c2oc(N3CCOCC3)cc(=O)c2c1. The molecule has 0 saturated carbocycles. The standard InChI is InChI=1S/C26H29F2N3O5/c1-16(30-20-13-18(27)12-19(28)14-20)21-10-17(26(33)29-4-3-7-34-2)11-22-23(32)15-24(36-25(21)22)31-5-8-35-9-6-31/h10-16,30H,3-9H2,1-2H3,(H,29,33). The fourth-order valence-corrected chi connectivity index (χ4v) is 4.15. The lowest BCUT2D eigenvalue weighted by Crippen LogP contribution is -2.36. The fourth-order valence-electron chi connectivity index (χ4n) is 4.15. The number of carbonyl (C=O) groups is 1. The molecule has 3 aromatic rings. The van der Waals surface area contributed by atoms with Gasteiger partial charge in [-0.05, 0) is 37.6 Å². The third-order valence-corrected chi connectivity index (χ3v) is 5.95. The van der Waals surface area contributed by atoms with Crippen molar-refractivity contribution in [2.45, 2.75) is 19.4 Å². The zero-order valence-corrected chi connectivity index (χ0v) is 20.2. The van der Waals surface area contributed by atoms with E-state index in [9.17, 15) is 18.4 Å². The molecule has 192 valence electrons. The minimum atomic E-state index is -0.722. The molecule has 1 amide bonds. The second-order valence-electron chi connectivity index (χ2n) is 8.62. The summed E-state index contributed by atoms with van der Waals surface area (Å²) in [5.41, 5.74) is 1.01. The molecule has 10 heteroatoms. The molecule has 2 heterocycles. The number of anilines is 2. The van der Waals surface area contributed by atoms with Crippen molar-refractivity contribution < 1.29 is 27.5 Å². The number of morpholine rings is 1. The predicted octanol–water partition coefficient (Wildman–Crippen LogP) is 3.85. The molecule has 1 atom stereocenters. The highest BCUT2D eigenvalue weighted by Crippen LogP contribution is 2.30. The molecule has 36 heavy (non-hydrogen) atoms. The molecule has 8 nitrogen and oxygen atoms in total. The highest BCUT2D eigenvalue weighted by atomic mass is 19.1. The van der Waals surface area contributed by atoms with Crippen molar-refractivity contribution in [3.8, 4) is 0 Å².